The molecule has 1 atom stereocenters. The van der Waals surface area contributed by atoms with Gasteiger partial charge in [0.2, 0.25) is 6.29 Å². The van der Waals surface area contributed by atoms with Crippen molar-refractivity contribution in [2.24, 2.45) is 0 Å². The van der Waals surface area contributed by atoms with E-state index in [0.29, 0.717) is 6.42 Å². The third-order valence-electron chi connectivity index (χ3n) is 5.97. The average molecular weight is 424 g/mol. The molecule has 0 aromatic heterocycles. The number of carbonyl (C=O) groups excluding carboxylic acids is 2. The first-order valence-corrected chi connectivity index (χ1v) is 13.3. The molecule has 0 saturated heterocycles. The molecule has 0 heterocycles. The van der Waals surface area contributed by atoms with Gasteiger partial charge in [-0.25, -0.2) is 0 Å². The third kappa shape index (κ3) is 21.8. The summed E-state index contributed by atoms with van der Waals surface area (Å²) in [6.45, 7) is 4.50. The van der Waals surface area contributed by atoms with Crippen LogP contribution in [0.4, 0.5) is 0 Å². The summed E-state index contributed by atoms with van der Waals surface area (Å²) in [5, 5.41) is 0. The van der Waals surface area contributed by atoms with Gasteiger partial charge < -0.3 is 4.74 Å². The Kier molecular flexibility index (Phi) is 23.7. The van der Waals surface area contributed by atoms with Crippen molar-refractivity contribution in [3.05, 3.63) is 0 Å². The normalized spacial score (nSPS) is 12.1. The van der Waals surface area contributed by atoms with Gasteiger partial charge in [-0.05, 0) is 19.3 Å². The molecule has 0 aliphatic rings. The molecule has 0 aromatic carbocycles. The molecule has 3 nitrogen and oxygen atoms in total. The minimum Gasteiger partial charge on any atom is -0.462 e. The maximum atomic E-state index is 12.1. The first kappa shape index (κ1) is 29.1. The monoisotopic (exact) mass is 423 g/mol. The number of unbranched alkanes of at least 4 members (excludes halogenated alkanes) is 17. The lowest BCUT2D eigenvalue weighted by molar-refractivity contribution is -0.149. The number of rotatable bonds is 24. The van der Waals surface area contributed by atoms with E-state index in [1.807, 2.05) is 6.29 Å². The van der Waals surface area contributed by atoms with Crippen LogP contribution in [0.1, 0.15) is 155 Å². The molecule has 0 amide bonds. The van der Waals surface area contributed by atoms with Gasteiger partial charge in [-0.2, -0.15) is 0 Å². The van der Waals surface area contributed by atoms with Crippen LogP contribution in [0.25, 0.3) is 0 Å². The van der Waals surface area contributed by atoms with E-state index in [1.54, 1.807) is 0 Å². The number of hydrogen-bond acceptors (Lipinski definition) is 3. The predicted molar refractivity (Wildman–Crippen MR) is 128 cm³/mol. The van der Waals surface area contributed by atoms with Crippen molar-refractivity contribution in [1.82, 2.24) is 0 Å². The Bertz CT molecular complexity index is 367. The Balaban J connectivity index is 3.58. The highest BCUT2D eigenvalue weighted by Crippen LogP contribution is 2.15. The Labute approximate surface area is 188 Å². The van der Waals surface area contributed by atoms with Crippen molar-refractivity contribution in [3.63, 3.8) is 0 Å². The summed E-state index contributed by atoms with van der Waals surface area (Å²) >= 11 is 0. The molecule has 0 N–H and O–H groups in total. The number of ether oxygens (including phenoxy) is 1. The minimum atomic E-state index is -0.261. The van der Waals surface area contributed by atoms with Crippen LogP contribution in [0.2, 0.25) is 0 Å². The van der Waals surface area contributed by atoms with Crippen molar-refractivity contribution in [2.45, 2.75) is 161 Å². The quantitative estimate of drug-likeness (QED) is 0.115. The number of hydrogen-bond donors (Lipinski definition) is 0. The van der Waals surface area contributed by atoms with Crippen LogP contribution in [0, 0.1) is 0 Å². The van der Waals surface area contributed by atoms with Crippen LogP contribution in [0.3, 0.4) is 0 Å². The summed E-state index contributed by atoms with van der Waals surface area (Å²) in [6.07, 6.45) is 27.2. The third-order valence-corrected chi connectivity index (χ3v) is 5.97. The Morgan fingerprint density at radius 2 is 1.03 bits per heavy atom. The van der Waals surface area contributed by atoms with E-state index in [9.17, 15) is 9.59 Å². The largest absolute Gasteiger partial charge is 0.462 e. The van der Waals surface area contributed by atoms with Crippen LogP contribution in [0.5, 0.6) is 0 Å². The molecule has 30 heavy (non-hydrogen) atoms. The van der Waals surface area contributed by atoms with E-state index in [4.69, 9.17) is 4.74 Å². The summed E-state index contributed by atoms with van der Waals surface area (Å²) in [5.41, 5.74) is 0. The zero-order chi connectivity index (χ0) is 22.1. The maximum absolute atomic E-state index is 12.1. The van der Waals surface area contributed by atoms with E-state index < -0.39 is 0 Å². The Morgan fingerprint density at radius 1 is 0.633 bits per heavy atom. The van der Waals surface area contributed by atoms with Gasteiger partial charge in [0.25, 0.3) is 0 Å². The molecule has 0 bridgehead atoms. The standard InChI is InChI=1S/C27H51O3/c1-3-5-7-9-11-13-14-15-17-19-21-23-27(29)30-26(24-25-28)22-20-18-16-12-10-8-6-4-2/h26H,3-24H2,1-2H3. The zero-order valence-electron chi connectivity index (χ0n) is 20.4. The molecule has 0 saturated carbocycles. The van der Waals surface area contributed by atoms with E-state index >= 15 is 0 Å². The highest BCUT2D eigenvalue weighted by Gasteiger charge is 2.14. The lowest BCUT2D eigenvalue weighted by atomic mass is 10.0. The van der Waals surface area contributed by atoms with Crippen molar-refractivity contribution in [2.75, 3.05) is 0 Å². The minimum absolute atomic E-state index is 0.134. The fraction of sp³-hybridized carbons (Fsp3) is 0.926. The highest BCUT2D eigenvalue weighted by molar-refractivity contribution is 5.69. The molecule has 0 fully saturated rings. The van der Waals surface area contributed by atoms with Gasteiger partial charge in [0.05, 0.1) is 6.42 Å². The van der Waals surface area contributed by atoms with E-state index in [1.165, 1.54) is 96.3 Å². The summed E-state index contributed by atoms with van der Waals surface area (Å²) in [5.74, 6) is -0.134. The fourth-order valence-electron chi connectivity index (χ4n) is 3.98. The van der Waals surface area contributed by atoms with E-state index in [2.05, 4.69) is 13.8 Å². The predicted octanol–water partition coefficient (Wildman–Crippen LogP) is 8.63. The van der Waals surface area contributed by atoms with Crippen LogP contribution in [-0.2, 0) is 14.3 Å². The van der Waals surface area contributed by atoms with Crippen LogP contribution in [-0.4, -0.2) is 18.4 Å². The first-order valence-electron chi connectivity index (χ1n) is 13.3. The first-order chi connectivity index (χ1) is 14.7. The van der Waals surface area contributed by atoms with Crippen LogP contribution < -0.4 is 0 Å². The molecule has 0 aliphatic heterocycles. The van der Waals surface area contributed by atoms with Crippen LogP contribution in [0.15, 0.2) is 0 Å². The molecule has 0 rings (SSSR count). The maximum Gasteiger partial charge on any atom is 0.306 e. The van der Waals surface area contributed by atoms with Gasteiger partial charge in [-0.3, -0.25) is 9.59 Å². The van der Waals surface area contributed by atoms with Gasteiger partial charge in [-0.15, -0.1) is 0 Å². The lowest BCUT2D eigenvalue weighted by Gasteiger charge is -2.15. The molecule has 0 spiro atoms. The van der Waals surface area contributed by atoms with Gasteiger partial charge in [0, 0.05) is 6.42 Å². The Hall–Kier alpha value is -0.860. The van der Waals surface area contributed by atoms with Crippen LogP contribution >= 0.6 is 0 Å². The van der Waals surface area contributed by atoms with Gasteiger partial charge in [-0.1, -0.05) is 123 Å². The van der Waals surface area contributed by atoms with E-state index in [-0.39, 0.29) is 18.5 Å². The molecular formula is C27H51O3. The molecule has 1 unspecified atom stereocenters. The fourth-order valence-corrected chi connectivity index (χ4v) is 3.98. The van der Waals surface area contributed by atoms with Crippen molar-refractivity contribution in [1.29, 1.82) is 0 Å². The highest BCUT2D eigenvalue weighted by atomic mass is 16.5. The molecule has 0 aliphatic carbocycles. The molecular weight excluding hydrogens is 372 g/mol. The summed E-state index contributed by atoms with van der Waals surface area (Å²) < 4.78 is 5.54. The lowest BCUT2D eigenvalue weighted by Crippen LogP contribution is -2.18. The van der Waals surface area contributed by atoms with Crippen molar-refractivity contribution < 1.29 is 14.3 Å². The number of carbonyl (C=O) groups is 1. The smallest absolute Gasteiger partial charge is 0.306 e. The molecule has 0 aromatic rings. The SMILES string of the molecule is CCCCCCCCCCCCCC(=O)OC(C[C]=O)CCCCCCCCCC. The molecule has 3 heteroatoms. The van der Waals surface area contributed by atoms with E-state index in [0.717, 1.165) is 32.1 Å². The van der Waals surface area contributed by atoms with Gasteiger partial charge in [0.1, 0.15) is 6.10 Å². The van der Waals surface area contributed by atoms with Crippen molar-refractivity contribution >= 4 is 12.3 Å². The second-order valence-electron chi connectivity index (χ2n) is 9.01. The Morgan fingerprint density at radius 3 is 1.47 bits per heavy atom. The summed E-state index contributed by atoms with van der Waals surface area (Å²) in [4.78, 5) is 22.8. The second-order valence-corrected chi connectivity index (χ2v) is 9.01. The number of esters is 1. The molecule has 177 valence electrons. The van der Waals surface area contributed by atoms with Crippen molar-refractivity contribution in [3.8, 4) is 0 Å². The van der Waals surface area contributed by atoms with Gasteiger partial charge in [0.15, 0.2) is 0 Å². The zero-order valence-corrected chi connectivity index (χ0v) is 20.4. The average Bonchev–Trinajstić information content (AvgIpc) is 2.74. The summed E-state index contributed by atoms with van der Waals surface area (Å²) in [7, 11) is 0. The summed E-state index contributed by atoms with van der Waals surface area (Å²) in [6, 6.07) is 0. The topological polar surface area (TPSA) is 43.4 Å². The van der Waals surface area contributed by atoms with Gasteiger partial charge >= 0.3 is 5.97 Å². The molecule has 1 radical (unpaired) electrons. The second kappa shape index (κ2) is 24.4.